The number of ketones is 1. The Morgan fingerprint density at radius 1 is 1.08 bits per heavy atom. The average molecular weight is 355 g/mol. The van der Waals surface area contributed by atoms with Gasteiger partial charge in [0.25, 0.3) is 5.91 Å². The summed E-state index contributed by atoms with van der Waals surface area (Å²) in [6.45, 7) is 0. The van der Waals surface area contributed by atoms with Gasteiger partial charge in [0.05, 0.1) is 10.6 Å². The molecule has 6 nitrogen and oxygen atoms in total. The molecule has 128 valence electrons. The van der Waals surface area contributed by atoms with Crippen LogP contribution in [0, 0.1) is 5.92 Å². The summed E-state index contributed by atoms with van der Waals surface area (Å²) in [5.74, 6) is 0.00507. The Morgan fingerprint density at radius 2 is 1.84 bits per heavy atom. The van der Waals surface area contributed by atoms with Crippen LogP contribution in [0.15, 0.2) is 24.3 Å². The van der Waals surface area contributed by atoms with E-state index < -0.39 is 0 Å². The molecule has 1 saturated carbocycles. The van der Waals surface area contributed by atoms with Crippen LogP contribution in [0.5, 0.6) is 0 Å². The van der Waals surface area contributed by atoms with Crippen LogP contribution in [0.3, 0.4) is 0 Å². The molecule has 2 aliphatic rings. The van der Waals surface area contributed by atoms with Gasteiger partial charge in [-0.3, -0.25) is 19.7 Å². The molecule has 0 spiro atoms. The minimum Gasteiger partial charge on any atom is -0.326 e. The third-order valence-corrected chi connectivity index (χ3v) is 5.41. The van der Waals surface area contributed by atoms with Crippen LogP contribution < -0.4 is 10.6 Å². The molecular weight excluding hydrogens is 338 g/mol. The van der Waals surface area contributed by atoms with E-state index in [0.29, 0.717) is 27.7 Å². The molecule has 1 aromatic carbocycles. The second-order valence-electron chi connectivity index (χ2n) is 6.37. The van der Waals surface area contributed by atoms with Gasteiger partial charge in [-0.2, -0.15) is 0 Å². The highest BCUT2D eigenvalue weighted by molar-refractivity contribution is 7.17. The maximum absolute atomic E-state index is 12.3. The van der Waals surface area contributed by atoms with Gasteiger partial charge in [-0.1, -0.05) is 11.3 Å². The Bertz CT molecular complexity index is 853. The average Bonchev–Trinajstić information content (AvgIpc) is 3.37. The van der Waals surface area contributed by atoms with Gasteiger partial charge in [-0.15, -0.1) is 0 Å². The molecule has 1 heterocycles. The molecule has 0 bridgehead atoms. The summed E-state index contributed by atoms with van der Waals surface area (Å²) in [6.07, 6.45) is 4.05. The number of hydrogen-bond acceptors (Lipinski definition) is 5. The number of rotatable bonds is 4. The molecule has 0 aliphatic heterocycles. The van der Waals surface area contributed by atoms with Crippen LogP contribution >= 0.6 is 11.3 Å². The van der Waals surface area contributed by atoms with Crippen LogP contribution in [-0.4, -0.2) is 22.6 Å². The SMILES string of the molecule is O=C(Nc1nc2c(s1)C(=O)CCC2)c1ccc(NC(=O)C2CC2)cc1. The molecule has 1 aromatic heterocycles. The first-order valence-corrected chi connectivity index (χ1v) is 9.17. The number of carbonyl (C=O) groups is 3. The first-order valence-electron chi connectivity index (χ1n) is 8.35. The quantitative estimate of drug-likeness (QED) is 0.881. The molecule has 0 atom stereocenters. The molecule has 2 N–H and O–H groups in total. The lowest BCUT2D eigenvalue weighted by atomic mass is 10.0. The third-order valence-electron chi connectivity index (χ3n) is 4.35. The van der Waals surface area contributed by atoms with Gasteiger partial charge >= 0.3 is 0 Å². The zero-order valence-corrected chi connectivity index (χ0v) is 14.3. The Hall–Kier alpha value is -2.54. The highest BCUT2D eigenvalue weighted by atomic mass is 32.1. The first kappa shape index (κ1) is 16.0. The zero-order valence-electron chi connectivity index (χ0n) is 13.5. The molecule has 0 radical (unpaired) electrons. The van der Waals surface area contributed by atoms with Crippen molar-refractivity contribution in [3.8, 4) is 0 Å². The van der Waals surface area contributed by atoms with E-state index in [-0.39, 0.29) is 23.5 Å². The number of benzene rings is 1. The van der Waals surface area contributed by atoms with Gasteiger partial charge in [-0.05, 0) is 49.9 Å². The minimum atomic E-state index is -0.279. The largest absolute Gasteiger partial charge is 0.326 e. The van der Waals surface area contributed by atoms with Crippen molar-refractivity contribution in [2.75, 3.05) is 10.6 Å². The third kappa shape index (κ3) is 3.46. The molecule has 7 heteroatoms. The fourth-order valence-electron chi connectivity index (χ4n) is 2.79. The maximum atomic E-state index is 12.3. The lowest BCUT2D eigenvalue weighted by Gasteiger charge is -2.06. The number of thiazole rings is 1. The van der Waals surface area contributed by atoms with Crippen LogP contribution in [0.4, 0.5) is 10.8 Å². The molecule has 0 unspecified atom stereocenters. The maximum Gasteiger partial charge on any atom is 0.257 e. The number of Topliss-reactive ketones (excluding diaryl/α,β-unsaturated/α-hetero) is 1. The number of amides is 2. The topological polar surface area (TPSA) is 88.2 Å². The van der Waals surface area contributed by atoms with Gasteiger partial charge < -0.3 is 5.32 Å². The summed E-state index contributed by atoms with van der Waals surface area (Å²) in [6, 6.07) is 6.75. The number of anilines is 2. The van der Waals surface area contributed by atoms with Crippen molar-refractivity contribution in [1.29, 1.82) is 0 Å². The van der Waals surface area contributed by atoms with E-state index in [0.717, 1.165) is 31.4 Å². The molecular formula is C18H17N3O3S. The summed E-state index contributed by atoms with van der Waals surface area (Å²) >= 11 is 1.24. The van der Waals surface area contributed by atoms with E-state index in [4.69, 9.17) is 0 Å². The molecule has 0 saturated heterocycles. The highest BCUT2D eigenvalue weighted by Gasteiger charge is 2.29. The predicted molar refractivity (Wildman–Crippen MR) is 95.1 cm³/mol. The van der Waals surface area contributed by atoms with Crippen molar-refractivity contribution in [1.82, 2.24) is 4.98 Å². The molecule has 2 aromatic rings. The van der Waals surface area contributed by atoms with E-state index in [1.165, 1.54) is 11.3 Å². The normalized spacial score (nSPS) is 16.2. The van der Waals surface area contributed by atoms with Gasteiger partial charge in [0.15, 0.2) is 10.9 Å². The summed E-state index contributed by atoms with van der Waals surface area (Å²) < 4.78 is 0. The predicted octanol–water partition coefficient (Wildman–Crippen LogP) is 3.26. The van der Waals surface area contributed by atoms with Crippen molar-refractivity contribution in [2.45, 2.75) is 32.1 Å². The fourth-order valence-corrected chi connectivity index (χ4v) is 3.76. The summed E-state index contributed by atoms with van der Waals surface area (Å²) in [5.41, 5.74) is 1.95. The van der Waals surface area contributed by atoms with Crippen LogP contribution in [-0.2, 0) is 11.2 Å². The highest BCUT2D eigenvalue weighted by Crippen LogP contribution is 2.31. The number of carbonyl (C=O) groups excluding carboxylic acids is 3. The van der Waals surface area contributed by atoms with Crippen molar-refractivity contribution < 1.29 is 14.4 Å². The van der Waals surface area contributed by atoms with E-state index in [2.05, 4.69) is 15.6 Å². The zero-order chi connectivity index (χ0) is 17.4. The monoisotopic (exact) mass is 355 g/mol. The smallest absolute Gasteiger partial charge is 0.257 e. The minimum absolute atomic E-state index is 0.0373. The number of fused-ring (bicyclic) bond motifs is 1. The van der Waals surface area contributed by atoms with Gasteiger partial charge in [0, 0.05) is 23.6 Å². The molecule has 25 heavy (non-hydrogen) atoms. The second-order valence-corrected chi connectivity index (χ2v) is 7.37. The van der Waals surface area contributed by atoms with Crippen LogP contribution in [0.2, 0.25) is 0 Å². The molecule has 1 fully saturated rings. The van der Waals surface area contributed by atoms with Gasteiger partial charge in [-0.25, -0.2) is 4.98 Å². The Balaban J connectivity index is 1.42. The van der Waals surface area contributed by atoms with Crippen molar-refractivity contribution in [3.05, 3.63) is 40.4 Å². The lowest BCUT2D eigenvalue weighted by molar-refractivity contribution is -0.117. The number of nitrogens with one attached hydrogen (secondary N) is 2. The lowest BCUT2D eigenvalue weighted by Crippen LogP contribution is -2.14. The standard InChI is InChI=1S/C18H17N3O3S/c22-14-3-1-2-13-15(14)25-18(20-13)21-17(24)11-6-8-12(9-7-11)19-16(23)10-4-5-10/h6-10H,1-5H2,(H,19,23)(H,20,21,24). The molecule has 4 rings (SSSR count). The fraction of sp³-hybridized carbons (Fsp3) is 0.333. The van der Waals surface area contributed by atoms with Crippen LogP contribution in [0.25, 0.3) is 0 Å². The van der Waals surface area contributed by atoms with Gasteiger partial charge in [0.1, 0.15) is 0 Å². The van der Waals surface area contributed by atoms with Crippen LogP contribution in [0.1, 0.15) is 51.4 Å². The van der Waals surface area contributed by atoms with E-state index in [1.54, 1.807) is 24.3 Å². The van der Waals surface area contributed by atoms with Gasteiger partial charge in [0.2, 0.25) is 5.91 Å². The first-order chi connectivity index (χ1) is 12.1. The van der Waals surface area contributed by atoms with Crippen molar-refractivity contribution >= 4 is 39.8 Å². The van der Waals surface area contributed by atoms with E-state index in [1.807, 2.05) is 0 Å². The number of nitrogens with zero attached hydrogens (tertiary/aromatic N) is 1. The number of hydrogen-bond donors (Lipinski definition) is 2. The Kier molecular flexibility index (Phi) is 4.09. The van der Waals surface area contributed by atoms with Crippen molar-refractivity contribution in [2.24, 2.45) is 5.92 Å². The van der Waals surface area contributed by atoms with E-state index >= 15 is 0 Å². The Labute approximate surface area is 148 Å². The second kappa shape index (κ2) is 6.40. The summed E-state index contributed by atoms with van der Waals surface area (Å²) in [4.78, 5) is 41.0. The van der Waals surface area contributed by atoms with Crippen molar-refractivity contribution in [3.63, 3.8) is 0 Å². The summed E-state index contributed by atoms with van der Waals surface area (Å²) in [5, 5.41) is 6.05. The molecule has 2 amide bonds. The summed E-state index contributed by atoms with van der Waals surface area (Å²) in [7, 11) is 0. The molecule has 2 aliphatic carbocycles. The Morgan fingerprint density at radius 3 is 2.52 bits per heavy atom. The number of aromatic nitrogens is 1. The number of aryl methyl sites for hydroxylation is 1. The van der Waals surface area contributed by atoms with E-state index in [9.17, 15) is 14.4 Å².